The van der Waals surface area contributed by atoms with E-state index in [2.05, 4.69) is 28.6 Å². The molecule has 0 amide bonds. The Hall–Kier alpha value is -5.71. The van der Waals surface area contributed by atoms with Gasteiger partial charge in [0.2, 0.25) is 0 Å². The molecule has 0 bridgehead atoms. The van der Waals surface area contributed by atoms with Crippen molar-refractivity contribution in [3.8, 4) is 17.1 Å². The molecule has 0 spiro atoms. The fourth-order valence-corrected chi connectivity index (χ4v) is 5.35. The zero-order valence-corrected chi connectivity index (χ0v) is 21.1. The molecule has 0 unspecified atom stereocenters. The van der Waals surface area contributed by atoms with Crippen LogP contribution in [-0.4, -0.2) is 33.9 Å². The van der Waals surface area contributed by atoms with Crippen LogP contribution in [-0.2, 0) is 6.54 Å². The van der Waals surface area contributed by atoms with Crippen LogP contribution in [0.5, 0.6) is 0 Å². The molecule has 7 rings (SSSR count). The molecule has 0 aliphatic heterocycles. The van der Waals surface area contributed by atoms with Crippen molar-refractivity contribution in [1.29, 1.82) is 0 Å². The van der Waals surface area contributed by atoms with E-state index < -0.39 is 21.2 Å². The standard InChI is InChI=1S/C29H19N7O4/c1-2-33-25-10-6-3-7-21(25)22-16-18(11-12-26(22)33)34-28(17-13-19(35(37)38)15-20(14-17)36(39)40)32-27-29(34)31-24-9-5-4-8-23(24)30-27/h3-16H,2H2,1H3. The van der Waals surface area contributed by atoms with Gasteiger partial charge in [0.05, 0.1) is 32.6 Å². The van der Waals surface area contributed by atoms with Crippen LogP contribution in [0.2, 0.25) is 0 Å². The number of nitro groups is 2. The summed E-state index contributed by atoms with van der Waals surface area (Å²) in [6, 6.07) is 25.0. The number of rotatable bonds is 5. The molecular weight excluding hydrogens is 510 g/mol. The maximum atomic E-state index is 11.7. The van der Waals surface area contributed by atoms with E-state index >= 15 is 0 Å². The van der Waals surface area contributed by atoms with Gasteiger partial charge >= 0.3 is 0 Å². The highest BCUT2D eigenvalue weighted by molar-refractivity contribution is 6.09. The van der Waals surface area contributed by atoms with Crippen LogP contribution in [0.15, 0.2) is 84.9 Å². The summed E-state index contributed by atoms with van der Waals surface area (Å²) in [7, 11) is 0. The Kier molecular flexibility index (Phi) is 5.07. The van der Waals surface area contributed by atoms with E-state index in [1.54, 1.807) is 4.57 Å². The number of imidazole rings is 1. The van der Waals surface area contributed by atoms with Gasteiger partial charge in [0.15, 0.2) is 11.3 Å². The molecule has 11 heteroatoms. The molecule has 4 aromatic carbocycles. The van der Waals surface area contributed by atoms with Crippen LogP contribution in [0.4, 0.5) is 11.4 Å². The molecule has 0 saturated heterocycles. The van der Waals surface area contributed by atoms with E-state index in [1.165, 1.54) is 12.1 Å². The Bertz CT molecular complexity index is 2150. The molecule has 194 valence electrons. The Morgan fingerprint density at radius 3 is 2.08 bits per heavy atom. The Morgan fingerprint density at radius 2 is 1.38 bits per heavy atom. The number of nitro benzene ring substituents is 2. The largest absolute Gasteiger partial charge is 0.341 e. The van der Waals surface area contributed by atoms with Gasteiger partial charge in [-0.25, -0.2) is 15.0 Å². The number of fused-ring (bicyclic) bond motifs is 5. The lowest BCUT2D eigenvalue weighted by atomic mass is 10.1. The minimum absolute atomic E-state index is 0.209. The van der Waals surface area contributed by atoms with Gasteiger partial charge in [0.1, 0.15) is 5.82 Å². The molecule has 0 aliphatic carbocycles. The van der Waals surface area contributed by atoms with E-state index in [-0.39, 0.29) is 11.4 Å². The van der Waals surface area contributed by atoms with E-state index in [1.807, 2.05) is 54.6 Å². The molecule has 0 fully saturated rings. The number of aryl methyl sites for hydroxylation is 1. The zero-order chi connectivity index (χ0) is 27.5. The lowest BCUT2D eigenvalue weighted by molar-refractivity contribution is -0.394. The molecule has 7 aromatic rings. The number of hydrogen-bond acceptors (Lipinski definition) is 7. The number of nitrogens with zero attached hydrogens (tertiary/aromatic N) is 7. The fraction of sp³-hybridized carbons (Fsp3) is 0.0690. The number of benzene rings is 4. The molecule has 0 radical (unpaired) electrons. The summed E-state index contributed by atoms with van der Waals surface area (Å²) in [6.07, 6.45) is 0. The van der Waals surface area contributed by atoms with Gasteiger partial charge in [-0.15, -0.1) is 0 Å². The van der Waals surface area contributed by atoms with Crippen LogP contribution < -0.4 is 0 Å². The summed E-state index contributed by atoms with van der Waals surface area (Å²) in [5.41, 5.74) is 4.29. The van der Waals surface area contributed by atoms with Gasteiger partial charge in [-0.2, -0.15) is 0 Å². The van der Waals surface area contributed by atoms with Gasteiger partial charge in [-0.05, 0) is 43.3 Å². The molecule has 40 heavy (non-hydrogen) atoms. The second-order valence-corrected chi connectivity index (χ2v) is 9.35. The van der Waals surface area contributed by atoms with Crippen LogP contribution >= 0.6 is 0 Å². The summed E-state index contributed by atoms with van der Waals surface area (Å²) in [5.74, 6) is 0.260. The molecule has 0 aliphatic rings. The summed E-state index contributed by atoms with van der Waals surface area (Å²) < 4.78 is 3.99. The molecule has 0 atom stereocenters. The number of aromatic nitrogens is 5. The highest BCUT2D eigenvalue weighted by atomic mass is 16.6. The summed E-state index contributed by atoms with van der Waals surface area (Å²) in [6.45, 7) is 2.88. The highest BCUT2D eigenvalue weighted by Gasteiger charge is 2.24. The zero-order valence-electron chi connectivity index (χ0n) is 21.1. The van der Waals surface area contributed by atoms with Crippen molar-refractivity contribution in [3.05, 3.63) is 105 Å². The third kappa shape index (κ3) is 3.48. The average molecular weight is 530 g/mol. The minimum Gasteiger partial charge on any atom is -0.341 e. The minimum atomic E-state index is -0.653. The van der Waals surface area contributed by atoms with Crippen LogP contribution in [0.3, 0.4) is 0 Å². The summed E-state index contributed by atoms with van der Waals surface area (Å²) >= 11 is 0. The lowest BCUT2D eigenvalue weighted by Crippen LogP contribution is -2.01. The normalized spacial score (nSPS) is 11.6. The van der Waals surface area contributed by atoms with Crippen LogP contribution in [0.25, 0.3) is 61.2 Å². The van der Waals surface area contributed by atoms with Gasteiger partial charge in [0.25, 0.3) is 11.4 Å². The van der Waals surface area contributed by atoms with Crippen molar-refractivity contribution < 1.29 is 9.85 Å². The van der Waals surface area contributed by atoms with E-state index in [9.17, 15) is 20.2 Å². The monoisotopic (exact) mass is 529 g/mol. The van der Waals surface area contributed by atoms with Crippen molar-refractivity contribution in [3.63, 3.8) is 0 Å². The van der Waals surface area contributed by atoms with Gasteiger partial charge in [-0.1, -0.05) is 30.3 Å². The van der Waals surface area contributed by atoms with Crippen molar-refractivity contribution in [2.75, 3.05) is 0 Å². The third-order valence-corrected chi connectivity index (χ3v) is 7.08. The van der Waals surface area contributed by atoms with Crippen molar-refractivity contribution >= 4 is 55.5 Å². The Morgan fingerprint density at radius 1 is 0.725 bits per heavy atom. The highest BCUT2D eigenvalue weighted by Crippen LogP contribution is 2.36. The summed E-state index contributed by atoms with van der Waals surface area (Å²) in [5, 5.41) is 25.4. The topological polar surface area (TPSA) is 135 Å². The first-order chi connectivity index (χ1) is 19.4. The van der Waals surface area contributed by atoms with Crippen molar-refractivity contribution in [1.82, 2.24) is 24.1 Å². The number of para-hydroxylation sites is 3. The maximum Gasteiger partial charge on any atom is 0.277 e. The average Bonchev–Trinajstić information content (AvgIpc) is 3.50. The van der Waals surface area contributed by atoms with Gasteiger partial charge < -0.3 is 4.57 Å². The summed E-state index contributed by atoms with van der Waals surface area (Å²) in [4.78, 5) is 36.3. The Labute approximate surface area is 225 Å². The first kappa shape index (κ1) is 23.4. The number of non-ortho nitro benzene ring substituents is 2. The van der Waals surface area contributed by atoms with E-state index in [4.69, 9.17) is 9.97 Å². The molecule has 0 saturated carbocycles. The number of hydrogen-bond donors (Lipinski definition) is 0. The third-order valence-electron chi connectivity index (χ3n) is 7.08. The van der Waals surface area contributed by atoms with Crippen molar-refractivity contribution in [2.45, 2.75) is 13.5 Å². The molecule has 11 nitrogen and oxygen atoms in total. The molecule has 3 heterocycles. The Balaban J connectivity index is 1.59. The van der Waals surface area contributed by atoms with Gasteiger partial charge in [0, 0.05) is 46.0 Å². The van der Waals surface area contributed by atoms with E-state index in [0.717, 1.165) is 34.4 Å². The quantitative estimate of drug-likeness (QED) is 0.181. The SMILES string of the molecule is CCn1c2ccccc2c2cc(-n3c(-c4cc([N+](=O)[O-])cc([N+](=O)[O-])c4)nc4nc5ccccc5nc43)ccc21. The predicted molar refractivity (Wildman–Crippen MR) is 152 cm³/mol. The van der Waals surface area contributed by atoms with Crippen molar-refractivity contribution in [2.24, 2.45) is 0 Å². The fourth-order valence-electron chi connectivity index (χ4n) is 5.35. The second kappa shape index (κ2) is 8.67. The lowest BCUT2D eigenvalue weighted by Gasteiger charge is -2.10. The van der Waals surface area contributed by atoms with E-state index in [0.29, 0.717) is 28.0 Å². The van der Waals surface area contributed by atoms with Gasteiger partial charge in [-0.3, -0.25) is 24.8 Å². The van der Waals surface area contributed by atoms with Crippen LogP contribution in [0, 0.1) is 20.2 Å². The molecule has 3 aromatic heterocycles. The van der Waals surface area contributed by atoms with Crippen LogP contribution in [0.1, 0.15) is 6.92 Å². The first-order valence-corrected chi connectivity index (χ1v) is 12.5. The first-order valence-electron chi connectivity index (χ1n) is 12.5. The molecule has 0 N–H and O–H groups in total. The second-order valence-electron chi connectivity index (χ2n) is 9.35. The molecular formula is C29H19N7O4. The predicted octanol–water partition coefficient (Wildman–Crippen LogP) is 6.58. The maximum absolute atomic E-state index is 11.7. The smallest absolute Gasteiger partial charge is 0.277 e.